The second-order valence-corrected chi connectivity index (χ2v) is 6.28. The molecule has 1 N–H and O–H groups in total. The lowest BCUT2D eigenvalue weighted by Gasteiger charge is -2.19. The zero-order valence-electron chi connectivity index (χ0n) is 15.0. The molecule has 1 atom stereocenters. The van der Waals surface area contributed by atoms with E-state index in [1.807, 2.05) is 74.5 Å². The van der Waals surface area contributed by atoms with Gasteiger partial charge in [-0.1, -0.05) is 42.5 Å². The lowest BCUT2D eigenvalue weighted by molar-refractivity contribution is -0.123. The van der Waals surface area contributed by atoms with Crippen molar-refractivity contribution in [1.82, 2.24) is 10.3 Å². The lowest BCUT2D eigenvalue weighted by atomic mass is 10.0. The van der Waals surface area contributed by atoms with E-state index in [1.54, 1.807) is 6.20 Å². The van der Waals surface area contributed by atoms with Gasteiger partial charge < -0.3 is 10.1 Å². The minimum absolute atomic E-state index is 0.0426. The molecule has 3 rings (SSSR count). The summed E-state index contributed by atoms with van der Waals surface area (Å²) in [4.78, 5) is 16.9. The third-order valence-corrected chi connectivity index (χ3v) is 3.99. The van der Waals surface area contributed by atoms with E-state index in [2.05, 4.69) is 16.4 Å². The van der Waals surface area contributed by atoms with Crippen LogP contribution in [0.4, 0.5) is 0 Å². The zero-order valence-corrected chi connectivity index (χ0v) is 15.0. The van der Waals surface area contributed by atoms with Crippen LogP contribution in [0.1, 0.15) is 28.4 Å². The highest BCUT2D eigenvalue weighted by Crippen LogP contribution is 2.20. The van der Waals surface area contributed by atoms with Crippen molar-refractivity contribution in [3.8, 4) is 5.75 Å². The van der Waals surface area contributed by atoms with Crippen LogP contribution in [0.15, 0.2) is 72.9 Å². The van der Waals surface area contributed by atoms with Crippen LogP contribution in [0.25, 0.3) is 0 Å². The first-order valence-electron chi connectivity index (χ1n) is 8.58. The van der Waals surface area contributed by atoms with Crippen molar-refractivity contribution >= 4 is 5.91 Å². The Kier molecular flexibility index (Phi) is 5.64. The predicted octanol–water partition coefficient (Wildman–Crippen LogP) is 3.98. The molecule has 132 valence electrons. The standard InChI is InChI=1S/C22H22N2O2/c1-16-12-17(2)14-19(13-16)26-15-21(25)24-22(18-8-4-3-5-9-18)20-10-6-7-11-23-20/h3-14,22H,15H2,1-2H3,(H,24,25). The smallest absolute Gasteiger partial charge is 0.258 e. The average Bonchev–Trinajstić information content (AvgIpc) is 2.65. The second kappa shape index (κ2) is 8.30. The third kappa shape index (κ3) is 4.70. The molecule has 26 heavy (non-hydrogen) atoms. The van der Waals surface area contributed by atoms with Gasteiger partial charge in [-0.05, 0) is 54.8 Å². The molecule has 0 radical (unpaired) electrons. The predicted molar refractivity (Wildman–Crippen MR) is 102 cm³/mol. The largest absolute Gasteiger partial charge is 0.484 e. The number of nitrogens with one attached hydrogen (secondary N) is 1. The quantitative estimate of drug-likeness (QED) is 0.734. The highest BCUT2D eigenvalue weighted by molar-refractivity contribution is 5.78. The Balaban J connectivity index is 1.71. The Morgan fingerprint density at radius 2 is 1.69 bits per heavy atom. The summed E-state index contributed by atoms with van der Waals surface area (Å²) >= 11 is 0. The third-order valence-electron chi connectivity index (χ3n) is 3.99. The van der Waals surface area contributed by atoms with Crippen molar-refractivity contribution in [1.29, 1.82) is 0 Å². The van der Waals surface area contributed by atoms with Gasteiger partial charge in [-0.2, -0.15) is 0 Å². The van der Waals surface area contributed by atoms with Crippen molar-refractivity contribution < 1.29 is 9.53 Å². The summed E-state index contributed by atoms with van der Waals surface area (Å²) in [6.45, 7) is 3.97. The Hall–Kier alpha value is -3.14. The number of carbonyl (C=O) groups excluding carboxylic acids is 1. The Morgan fingerprint density at radius 3 is 2.35 bits per heavy atom. The molecule has 2 aromatic carbocycles. The molecule has 0 fully saturated rings. The van der Waals surface area contributed by atoms with Crippen LogP contribution in [0.5, 0.6) is 5.75 Å². The topological polar surface area (TPSA) is 51.2 Å². The summed E-state index contributed by atoms with van der Waals surface area (Å²) in [5, 5.41) is 3.02. The van der Waals surface area contributed by atoms with E-state index >= 15 is 0 Å². The summed E-state index contributed by atoms with van der Waals surface area (Å²) in [6, 6.07) is 21.1. The van der Waals surface area contributed by atoms with Crippen LogP contribution in [0.3, 0.4) is 0 Å². The van der Waals surface area contributed by atoms with Crippen molar-refractivity contribution in [2.45, 2.75) is 19.9 Å². The summed E-state index contributed by atoms with van der Waals surface area (Å²) in [7, 11) is 0. The molecule has 4 heteroatoms. The molecule has 0 spiro atoms. The molecule has 0 saturated heterocycles. The van der Waals surface area contributed by atoms with Crippen LogP contribution in [0.2, 0.25) is 0 Å². The van der Waals surface area contributed by atoms with Crippen molar-refractivity contribution in [2.75, 3.05) is 6.61 Å². The van der Waals surface area contributed by atoms with Crippen LogP contribution in [-0.2, 0) is 4.79 Å². The Morgan fingerprint density at radius 1 is 1.00 bits per heavy atom. The highest BCUT2D eigenvalue weighted by atomic mass is 16.5. The normalized spacial score (nSPS) is 11.6. The number of carbonyl (C=O) groups is 1. The molecular weight excluding hydrogens is 324 g/mol. The fourth-order valence-corrected chi connectivity index (χ4v) is 2.89. The van der Waals surface area contributed by atoms with Gasteiger partial charge >= 0.3 is 0 Å². The molecule has 0 aliphatic carbocycles. The number of rotatable bonds is 6. The maximum absolute atomic E-state index is 12.5. The second-order valence-electron chi connectivity index (χ2n) is 6.28. The molecule has 1 unspecified atom stereocenters. The first-order chi connectivity index (χ1) is 12.6. The molecule has 1 amide bonds. The van der Waals surface area contributed by atoms with E-state index in [-0.39, 0.29) is 18.6 Å². The van der Waals surface area contributed by atoms with E-state index in [1.165, 1.54) is 0 Å². The van der Waals surface area contributed by atoms with E-state index in [9.17, 15) is 4.79 Å². The molecule has 0 bridgehead atoms. The van der Waals surface area contributed by atoms with Gasteiger partial charge in [0.2, 0.25) is 0 Å². The molecular formula is C22H22N2O2. The van der Waals surface area contributed by atoms with E-state index in [0.29, 0.717) is 5.75 Å². The van der Waals surface area contributed by atoms with Crippen LogP contribution in [0, 0.1) is 13.8 Å². The Bertz CT molecular complexity index is 804. The first-order valence-corrected chi connectivity index (χ1v) is 8.58. The van der Waals surface area contributed by atoms with Crippen molar-refractivity contribution in [3.63, 3.8) is 0 Å². The number of amides is 1. The highest BCUT2D eigenvalue weighted by Gasteiger charge is 2.18. The van der Waals surface area contributed by atoms with Gasteiger partial charge in [-0.3, -0.25) is 9.78 Å². The van der Waals surface area contributed by atoms with Gasteiger partial charge in [-0.25, -0.2) is 0 Å². The SMILES string of the molecule is Cc1cc(C)cc(OCC(=O)NC(c2ccccc2)c2ccccn2)c1. The van der Waals surface area contributed by atoms with Gasteiger partial charge in [0.1, 0.15) is 5.75 Å². The summed E-state index contributed by atoms with van der Waals surface area (Å²) in [5.74, 6) is 0.510. The number of hydrogen-bond donors (Lipinski definition) is 1. The molecule has 4 nitrogen and oxygen atoms in total. The monoisotopic (exact) mass is 346 g/mol. The maximum atomic E-state index is 12.5. The molecule has 0 aliphatic rings. The van der Waals surface area contributed by atoms with E-state index in [0.717, 1.165) is 22.4 Å². The summed E-state index contributed by atoms with van der Waals surface area (Å²) in [5.41, 5.74) is 3.98. The number of pyridine rings is 1. The average molecular weight is 346 g/mol. The molecule has 3 aromatic rings. The van der Waals surface area contributed by atoms with Crippen molar-refractivity contribution in [2.24, 2.45) is 0 Å². The van der Waals surface area contributed by atoms with Crippen LogP contribution < -0.4 is 10.1 Å². The molecule has 0 aliphatic heterocycles. The molecule has 1 aromatic heterocycles. The number of nitrogens with zero attached hydrogens (tertiary/aromatic N) is 1. The fraction of sp³-hybridized carbons (Fsp3) is 0.182. The maximum Gasteiger partial charge on any atom is 0.258 e. The summed E-state index contributed by atoms with van der Waals surface area (Å²) < 4.78 is 5.67. The molecule has 1 heterocycles. The zero-order chi connectivity index (χ0) is 18.4. The number of benzene rings is 2. The van der Waals surface area contributed by atoms with Gasteiger partial charge in [0, 0.05) is 6.20 Å². The van der Waals surface area contributed by atoms with E-state index < -0.39 is 0 Å². The van der Waals surface area contributed by atoms with Crippen LogP contribution in [-0.4, -0.2) is 17.5 Å². The number of ether oxygens (including phenoxy) is 1. The van der Waals surface area contributed by atoms with Gasteiger partial charge in [0.25, 0.3) is 5.91 Å². The number of aromatic nitrogens is 1. The minimum atomic E-state index is -0.312. The first kappa shape index (κ1) is 17.7. The number of hydrogen-bond acceptors (Lipinski definition) is 3. The van der Waals surface area contributed by atoms with Crippen LogP contribution >= 0.6 is 0 Å². The fourth-order valence-electron chi connectivity index (χ4n) is 2.89. The van der Waals surface area contributed by atoms with Crippen molar-refractivity contribution in [3.05, 3.63) is 95.3 Å². The van der Waals surface area contributed by atoms with Gasteiger partial charge in [0.15, 0.2) is 6.61 Å². The summed E-state index contributed by atoms with van der Waals surface area (Å²) in [6.07, 6.45) is 1.73. The van der Waals surface area contributed by atoms with Gasteiger partial charge in [-0.15, -0.1) is 0 Å². The van der Waals surface area contributed by atoms with Gasteiger partial charge in [0.05, 0.1) is 11.7 Å². The lowest BCUT2D eigenvalue weighted by Crippen LogP contribution is -2.33. The Labute approximate surface area is 153 Å². The van der Waals surface area contributed by atoms with E-state index in [4.69, 9.17) is 4.74 Å². The number of aryl methyl sites for hydroxylation is 2. The minimum Gasteiger partial charge on any atom is -0.484 e. The molecule has 0 saturated carbocycles.